The highest BCUT2D eigenvalue weighted by atomic mass is 32.1. The van der Waals surface area contributed by atoms with Crippen molar-refractivity contribution in [1.29, 1.82) is 0 Å². The van der Waals surface area contributed by atoms with Crippen molar-refractivity contribution in [3.05, 3.63) is 64.8 Å². The normalized spacial score (nSPS) is 13.1. The zero-order chi connectivity index (χ0) is 19.5. The second-order valence-corrected chi connectivity index (χ2v) is 7.19. The Morgan fingerprint density at radius 1 is 1.29 bits per heavy atom. The van der Waals surface area contributed by atoms with Crippen LogP contribution in [0.3, 0.4) is 0 Å². The third kappa shape index (κ3) is 3.89. The van der Waals surface area contributed by atoms with Gasteiger partial charge in [-0.05, 0) is 24.3 Å². The van der Waals surface area contributed by atoms with Gasteiger partial charge in [-0.25, -0.2) is 9.37 Å². The molecule has 0 bridgehead atoms. The van der Waals surface area contributed by atoms with E-state index in [1.807, 2.05) is 0 Å². The van der Waals surface area contributed by atoms with Crippen molar-refractivity contribution >= 4 is 28.3 Å². The molecule has 0 unspecified atom stereocenters. The third-order valence-corrected chi connectivity index (χ3v) is 5.23. The molecule has 2 amide bonds. The molecule has 4 rings (SSSR count). The number of rotatable bonds is 5. The van der Waals surface area contributed by atoms with Gasteiger partial charge in [0.05, 0.1) is 18.5 Å². The number of carbonyl (C=O) groups excluding carboxylic acids is 2. The summed E-state index contributed by atoms with van der Waals surface area (Å²) in [6, 6.07) is 9.17. The largest absolute Gasteiger partial charge is 0.481 e. The first-order valence-electron chi connectivity index (χ1n) is 8.58. The van der Waals surface area contributed by atoms with E-state index in [-0.39, 0.29) is 29.9 Å². The van der Waals surface area contributed by atoms with Crippen LogP contribution < -0.4 is 10.1 Å². The van der Waals surface area contributed by atoms with Gasteiger partial charge in [0.15, 0.2) is 29.1 Å². The second kappa shape index (κ2) is 7.81. The minimum Gasteiger partial charge on any atom is -0.481 e. The number of ether oxygens (including phenoxy) is 1. The van der Waals surface area contributed by atoms with E-state index < -0.39 is 5.82 Å². The Hall–Kier alpha value is -3.20. The van der Waals surface area contributed by atoms with E-state index in [0.717, 1.165) is 10.6 Å². The molecule has 1 aromatic carbocycles. The van der Waals surface area contributed by atoms with Gasteiger partial charge in [-0.1, -0.05) is 23.5 Å². The highest BCUT2D eigenvalue weighted by molar-refractivity contribution is 7.15. The molecular formula is C19H16FN3O4S. The van der Waals surface area contributed by atoms with Gasteiger partial charge in [-0.15, -0.1) is 0 Å². The van der Waals surface area contributed by atoms with E-state index in [1.54, 1.807) is 29.2 Å². The quantitative estimate of drug-likeness (QED) is 0.710. The molecule has 0 saturated carbocycles. The number of carbonyl (C=O) groups is 2. The molecule has 1 N–H and O–H groups in total. The Kier molecular flexibility index (Phi) is 5.07. The minimum absolute atomic E-state index is 0.0502. The molecule has 0 aliphatic carbocycles. The number of hydrogen-bond donors (Lipinski definition) is 1. The molecule has 2 aromatic heterocycles. The summed E-state index contributed by atoms with van der Waals surface area (Å²) in [4.78, 5) is 31.4. The fraction of sp³-hybridized carbons (Fsp3) is 0.211. The van der Waals surface area contributed by atoms with Crippen LogP contribution in [0, 0.1) is 5.82 Å². The van der Waals surface area contributed by atoms with Crippen LogP contribution in [-0.2, 0) is 17.8 Å². The van der Waals surface area contributed by atoms with Gasteiger partial charge in [-0.2, -0.15) is 0 Å². The van der Waals surface area contributed by atoms with Crippen LogP contribution >= 0.6 is 11.3 Å². The van der Waals surface area contributed by atoms with Crippen molar-refractivity contribution in [3.8, 4) is 5.75 Å². The molecule has 28 heavy (non-hydrogen) atoms. The van der Waals surface area contributed by atoms with Crippen LogP contribution in [0.5, 0.6) is 5.75 Å². The fourth-order valence-corrected chi connectivity index (χ4v) is 3.84. The molecular weight excluding hydrogens is 385 g/mol. The van der Waals surface area contributed by atoms with Gasteiger partial charge in [0.25, 0.3) is 11.8 Å². The summed E-state index contributed by atoms with van der Waals surface area (Å²) in [5, 5.41) is 3.16. The number of halogens is 1. The predicted octanol–water partition coefficient (Wildman–Crippen LogP) is 3.09. The minimum atomic E-state index is -0.504. The maximum atomic E-state index is 13.6. The molecule has 0 spiro atoms. The molecule has 1 aliphatic heterocycles. The molecule has 0 saturated heterocycles. The Bertz CT molecular complexity index is 1000. The number of aromatic nitrogens is 1. The number of nitrogens with zero attached hydrogens (tertiary/aromatic N) is 2. The first-order chi connectivity index (χ1) is 13.6. The SMILES string of the molecule is O=C(Nc1nc2c(s1)CN(C(=O)COc1ccccc1F)CC2)c1ccco1. The van der Waals surface area contributed by atoms with E-state index in [2.05, 4.69) is 10.3 Å². The number of amides is 2. The Labute approximate surface area is 163 Å². The lowest BCUT2D eigenvalue weighted by molar-refractivity contribution is -0.134. The molecule has 0 fully saturated rings. The topological polar surface area (TPSA) is 84.7 Å². The summed E-state index contributed by atoms with van der Waals surface area (Å²) in [7, 11) is 0. The van der Waals surface area contributed by atoms with Crippen LogP contribution in [-0.4, -0.2) is 34.8 Å². The number of anilines is 1. The maximum absolute atomic E-state index is 13.6. The van der Waals surface area contributed by atoms with Crippen molar-refractivity contribution in [2.24, 2.45) is 0 Å². The average Bonchev–Trinajstić information content (AvgIpc) is 3.36. The highest BCUT2D eigenvalue weighted by Gasteiger charge is 2.25. The number of para-hydroxylation sites is 1. The van der Waals surface area contributed by atoms with E-state index in [4.69, 9.17) is 9.15 Å². The number of fused-ring (bicyclic) bond motifs is 1. The molecule has 144 valence electrons. The first-order valence-corrected chi connectivity index (χ1v) is 9.40. The average molecular weight is 401 g/mol. The summed E-state index contributed by atoms with van der Waals surface area (Å²) < 4.78 is 23.9. The Morgan fingerprint density at radius 3 is 2.93 bits per heavy atom. The van der Waals surface area contributed by atoms with Crippen molar-refractivity contribution in [2.45, 2.75) is 13.0 Å². The molecule has 0 atom stereocenters. The smallest absolute Gasteiger partial charge is 0.293 e. The van der Waals surface area contributed by atoms with Crippen molar-refractivity contribution in [1.82, 2.24) is 9.88 Å². The van der Waals surface area contributed by atoms with Gasteiger partial charge >= 0.3 is 0 Å². The summed E-state index contributed by atoms with van der Waals surface area (Å²) in [6.07, 6.45) is 2.00. The van der Waals surface area contributed by atoms with Crippen molar-refractivity contribution in [2.75, 3.05) is 18.5 Å². The zero-order valence-electron chi connectivity index (χ0n) is 14.7. The number of thiazole rings is 1. The fourth-order valence-electron chi connectivity index (χ4n) is 2.82. The Morgan fingerprint density at radius 2 is 2.14 bits per heavy atom. The highest BCUT2D eigenvalue weighted by Crippen LogP contribution is 2.29. The lowest BCUT2D eigenvalue weighted by Crippen LogP contribution is -2.38. The van der Waals surface area contributed by atoms with Gasteiger partial charge in [-0.3, -0.25) is 14.9 Å². The van der Waals surface area contributed by atoms with E-state index >= 15 is 0 Å². The molecule has 0 radical (unpaired) electrons. The molecule has 3 heterocycles. The summed E-state index contributed by atoms with van der Waals surface area (Å²) in [5.74, 6) is -0.856. The van der Waals surface area contributed by atoms with Gasteiger partial charge < -0.3 is 14.1 Å². The van der Waals surface area contributed by atoms with Gasteiger partial charge in [0.2, 0.25) is 0 Å². The zero-order valence-corrected chi connectivity index (χ0v) is 15.5. The van der Waals surface area contributed by atoms with Crippen LogP contribution in [0.25, 0.3) is 0 Å². The van der Waals surface area contributed by atoms with E-state index in [9.17, 15) is 14.0 Å². The third-order valence-electron chi connectivity index (χ3n) is 4.24. The molecule has 3 aromatic rings. The summed E-state index contributed by atoms with van der Waals surface area (Å²) in [5.41, 5.74) is 0.860. The molecule has 1 aliphatic rings. The standard InChI is InChI=1S/C19H16FN3O4S/c20-12-4-1-2-5-14(12)27-11-17(24)23-8-7-13-16(10-23)28-19(21-13)22-18(25)15-6-3-9-26-15/h1-6,9H,7-8,10-11H2,(H,21,22,25). The van der Waals surface area contributed by atoms with Crippen molar-refractivity contribution in [3.63, 3.8) is 0 Å². The first kappa shape index (κ1) is 18.2. The molecule has 7 nitrogen and oxygen atoms in total. The van der Waals surface area contributed by atoms with Crippen molar-refractivity contribution < 1.29 is 23.1 Å². The molecule has 9 heteroatoms. The monoisotopic (exact) mass is 401 g/mol. The van der Waals surface area contributed by atoms with Crippen LogP contribution in [0.4, 0.5) is 9.52 Å². The number of furan rings is 1. The number of benzene rings is 1. The Balaban J connectivity index is 1.36. The van der Waals surface area contributed by atoms with Gasteiger partial charge in [0.1, 0.15) is 0 Å². The van der Waals surface area contributed by atoms with Crippen LogP contribution in [0.1, 0.15) is 21.1 Å². The summed E-state index contributed by atoms with van der Waals surface area (Å²) in [6.45, 7) is 0.627. The second-order valence-electron chi connectivity index (χ2n) is 6.10. The van der Waals surface area contributed by atoms with Crippen LogP contribution in [0.2, 0.25) is 0 Å². The number of hydrogen-bond acceptors (Lipinski definition) is 6. The van der Waals surface area contributed by atoms with E-state index in [0.29, 0.717) is 24.6 Å². The lowest BCUT2D eigenvalue weighted by atomic mass is 10.2. The predicted molar refractivity (Wildman–Crippen MR) is 99.8 cm³/mol. The number of nitrogens with one attached hydrogen (secondary N) is 1. The lowest BCUT2D eigenvalue weighted by Gasteiger charge is -2.26. The van der Waals surface area contributed by atoms with E-state index in [1.165, 1.54) is 29.7 Å². The van der Waals surface area contributed by atoms with Crippen LogP contribution in [0.15, 0.2) is 47.1 Å². The maximum Gasteiger partial charge on any atom is 0.293 e. The summed E-state index contributed by atoms with van der Waals surface area (Å²) >= 11 is 1.32. The van der Waals surface area contributed by atoms with Gasteiger partial charge in [0, 0.05) is 17.8 Å².